The molecule has 0 aliphatic carbocycles. The highest BCUT2D eigenvalue weighted by Gasteiger charge is 2.46. The van der Waals surface area contributed by atoms with Crippen molar-refractivity contribution in [2.75, 3.05) is 0 Å². The first-order chi connectivity index (χ1) is 18.4. The Balaban J connectivity index is 1.72. The number of hydrogen-bond donors (Lipinski definition) is 2. The number of benzene rings is 4. The average Bonchev–Trinajstić information content (AvgIpc) is 2.93. The summed E-state index contributed by atoms with van der Waals surface area (Å²) in [6.45, 7) is 0. The van der Waals surface area contributed by atoms with Crippen molar-refractivity contribution in [3.05, 3.63) is 105 Å². The Bertz CT molecular complexity index is 1590. The summed E-state index contributed by atoms with van der Waals surface area (Å²) < 4.78 is 12.1. The Labute approximate surface area is 228 Å². The molecule has 4 aromatic carbocycles. The molecule has 184 valence electrons. The van der Waals surface area contributed by atoms with E-state index in [9.17, 15) is 10.5 Å². The van der Waals surface area contributed by atoms with Gasteiger partial charge in [0.1, 0.15) is 11.8 Å². The summed E-state index contributed by atoms with van der Waals surface area (Å²) in [4.78, 5) is 0. The molecule has 6 nitrogen and oxygen atoms in total. The van der Waals surface area contributed by atoms with Crippen molar-refractivity contribution >= 4 is 45.8 Å². The molecule has 2 heterocycles. The Morgan fingerprint density at radius 2 is 0.974 bits per heavy atom. The number of rotatable bonds is 2. The van der Waals surface area contributed by atoms with E-state index in [1.807, 2.05) is 48.5 Å². The summed E-state index contributed by atoms with van der Waals surface area (Å²) in [5.74, 6) is -2.69. The van der Waals surface area contributed by atoms with Crippen LogP contribution in [0, 0.1) is 45.3 Å². The second-order valence-electron chi connectivity index (χ2n) is 9.24. The normalized spacial score (nSPS) is 21.9. The molecule has 0 amide bonds. The molecule has 0 spiro atoms. The fraction of sp³-hybridized carbons (Fsp3) is 0.133. The first-order valence-electron chi connectivity index (χ1n) is 11.8. The van der Waals surface area contributed by atoms with Crippen LogP contribution >= 0.6 is 23.2 Å². The zero-order chi connectivity index (χ0) is 26.6. The molecule has 2 aliphatic heterocycles. The second-order valence-corrected chi connectivity index (χ2v) is 10.1. The van der Waals surface area contributed by atoms with Crippen molar-refractivity contribution in [3.63, 3.8) is 0 Å². The third-order valence-electron chi connectivity index (χ3n) is 7.22. The highest BCUT2D eigenvalue weighted by atomic mass is 35.5. The van der Waals surface area contributed by atoms with Crippen LogP contribution < -0.4 is 9.47 Å². The topological polar surface area (TPSA) is 114 Å². The minimum Gasteiger partial charge on any atom is -0.438 e. The van der Waals surface area contributed by atoms with Crippen molar-refractivity contribution in [1.82, 2.24) is 0 Å². The third kappa shape index (κ3) is 3.62. The van der Waals surface area contributed by atoms with Gasteiger partial charge in [0.2, 0.25) is 11.8 Å². The fourth-order valence-electron chi connectivity index (χ4n) is 5.57. The zero-order valence-electron chi connectivity index (χ0n) is 19.7. The highest BCUT2D eigenvalue weighted by molar-refractivity contribution is 6.30. The van der Waals surface area contributed by atoms with Crippen LogP contribution in [0.2, 0.25) is 10.0 Å². The van der Waals surface area contributed by atoms with Crippen LogP contribution in [0.5, 0.6) is 11.5 Å². The average molecular weight is 537 g/mol. The molecule has 38 heavy (non-hydrogen) atoms. The van der Waals surface area contributed by atoms with E-state index in [-0.39, 0.29) is 23.3 Å². The lowest BCUT2D eigenvalue weighted by molar-refractivity contribution is 0.395. The molecule has 6 rings (SSSR count). The minimum atomic E-state index is -0.882. The first-order valence-corrected chi connectivity index (χ1v) is 12.6. The van der Waals surface area contributed by atoms with Crippen LogP contribution in [0.15, 0.2) is 72.8 Å². The lowest BCUT2D eigenvalue weighted by atomic mass is 9.72. The molecule has 0 aromatic heterocycles. The van der Waals surface area contributed by atoms with Gasteiger partial charge in [-0.2, -0.15) is 10.5 Å². The number of halogens is 2. The fourth-order valence-corrected chi connectivity index (χ4v) is 5.82. The van der Waals surface area contributed by atoms with Gasteiger partial charge in [-0.1, -0.05) is 71.7 Å². The third-order valence-corrected chi connectivity index (χ3v) is 7.72. The highest BCUT2D eigenvalue weighted by Crippen LogP contribution is 2.56. The van der Waals surface area contributed by atoms with Crippen molar-refractivity contribution in [1.29, 1.82) is 21.3 Å². The molecule has 0 bridgehead atoms. The SMILES string of the molecule is N#CC1C(=N)Oc2c3c(c4ccccc4c2C1c1ccc(Cl)cc1)C(c1ccc(Cl)cc1)C(C#N)C(=N)O3. The van der Waals surface area contributed by atoms with E-state index in [1.54, 1.807) is 24.3 Å². The smallest absolute Gasteiger partial charge is 0.205 e. The summed E-state index contributed by atoms with van der Waals surface area (Å²) in [6.07, 6.45) is 0. The first kappa shape index (κ1) is 24.0. The van der Waals surface area contributed by atoms with E-state index in [2.05, 4.69) is 12.1 Å². The van der Waals surface area contributed by atoms with Crippen LogP contribution in [0.4, 0.5) is 0 Å². The summed E-state index contributed by atoms with van der Waals surface area (Å²) in [5.41, 5.74) is 3.00. The molecule has 4 atom stereocenters. The Morgan fingerprint density at radius 3 is 1.32 bits per heavy atom. The maximum Gasteiger partial charge on any atom is 0.205 e. The molecule has 2 aliphatic rings. The zero-order valence-corrected chi connectivity index (χ0v) is 21.2. The molecule has 4 aromatic rings. The van der Waals surface area contributed by atoms with E-state index in [0.29, 0.717) is 21.2 Å². The number of nitriles is 2. The Morgan fingerprint density at radius 1 is 0.605 bits per heavy atom. The second kappa shape index (κ2) is 9.19. The molecular weight excluding hydrogens is 519 g/mol. The molecule has 0 saturated heterocycles. The summed E-state index contributed by atoms with van der Waals surface area (Å²) in [7, 11) is 0. The van der Waals surface area contributed by atoms with Gasteiger partial charge < -0.3 is 9.47 Å². The van der Waals surface area contributed by atoms with Gasteiger partial charge >= 0.3 is 0 Å². The van der Waals surface area contributed by atoms with Crippen LogP contribution in [-0.4, -0.2) is 11.8 Å². The Hall–Kier alpha value is -4.36. The molecule has 2 N–H and O–H groups in total. The van der Waals surface area contributed by atoms with Crippen molar-refractivity contribution in [2.45, 2.75) is 11.8 Å². The summed E-state index contributed by atoms with van der Waals surface area (Å²) in [5, 5.41) is 40.2. The standard InChI is InChI=1S/C30H18Cl2N4O2/c31-17-9-5-15(6-10-17)23-21(13-33)29(35)37-27-25(23)19-3-1-2-4-20(19)26-24(16-7-11-18(32)12-8-16)22(14-34)30(36)38-28(26)27/h1-12,21-24,35-36H. The molecule has 0 fully saturated rings. The van der Waals surface area contributed by atoms with E-state index in [4.69, 9.17) is 43.5 Å². The van der Waals surface area contributed by atoms with Gasteiger partial charge in [0.05, 0.1) is 12.1 Å². The summed E-state index contributed by atoms with van der Waals surface area (Å²) in [6, 6.07) is 26.6. The maximum absolute atomic E-state index is 10.1. The summed E-state index contributed by atoms with van der Waals surface area (Å²) >= 11 is 12.3. The lowest BCUT2D eigenvalue weighted by Crippen LogP contribution is -2.35. The lowest BCUT2D eigenvalue weighted by Gasteiger charge is -2.37. The van der Waals surface area contributed by atoms with Gasteiger partial charge in [0.25, 0.3) is 0 Å². The van der Waals surface area contributed by atoms with Gasteiger partial charge in [-0.25, -0.2) is 0 Å². The predicted octanol–water partition coefficient (Wildman–Crippen LogP) is 7.43. The largest absolute Gasteiger partial charge is 0.438 e. The number of fused-ring (bicyclic) bond motifs is 6. The van der Waals surface area contributed by atoms with Gasteiger partial charge in [-0.05, 0) is 46.2 Å². The Kier molecular flexibility index (Phi) is 5.80. The number of nitrogens with zero attached hydrogens (tertiary/aromatic N) is 2. The number of nitrogens with one attached hydrogen (secondary N) is 2. The van der Waals surface area contributed by atoms with Gasteiger partial charge in [0, 0.05) is 33.0 Å². The van der Waals surface area contributed by atoms with E-state index < -0.39 is 23.7 Å². The number of ether oxygens (including phenoxy) is 2. The van der Waals surface area contributed by atoms with E-state index in [1.165, 1.54) is 0 Å². The maximum atomic E-state index is 10.1. The van der Waals surface area contributed by atoms with E-state index >= 15 is 0 Å². The molecule has 8 heteroatoms. The van der Waals surface area contributed by atoms with Gasteiger partial charge in [-0.15, -0.1) is 0 Å². The van der Waals surface area contributed by atoms with Crippen LogP contribution in [0.25, 0.3) is 10.8 Å². The van der Waals surface area contributed by atoms with E-state index in [0.717, 1.165) is 21.9 Å². The quantitative estimate of drug-likeness (QED) is 0.277. The molecule has 0 saturated carbocycles. The predicted molar refractivity (Wildman–Crippen MR) is 145 cm³/mol. The van der Waals surface area contributed by atoms with Crippen LogP contribution in [0.3, 0.4) is 0 Å². The minimum absolute atomic E-state index is 0.210. The van der Waals surface area contributed by atoms with Crippen molar-refractivity contribution in [3.8, 4) is 23.6 Å². The van der Waals surface area contributed by atoms with Crippen LogP contribution in [0.1, 0.15) is 34.1 Å². The molecular formula is C30H18Cl2N4O2. The van der Waals surface area contributed by atoms with Gasteiger partial charge in [0.15, 0.2) is 11.5 Å². The monoisotopic (exact) mass is 536 g/mol. The van der Waals surface area contributed by atoms with Crippen molar-refractivity contribution in [2.24, 2.45) is 11.8 Å². The van der Waals surface area contributed by atoms with Crippen molar-refractivity contribution < 1.29 is 9.47 Å². The number of hydrogen-bond acceptors (Lipinski definition) is 6. The van der Waals surface area contributed by atoms with Gasteiger partial charge in [-0.3, -0.25) is 10.8 Å². The molecule has 0 radical (unpaired) electrons. The molecule has 4 unspecified atom stereocenters. The van der Waals surface area contributed by atoms with Crippen LogP contribution in [-0.2, 0) is 0 Å².